The molecule has 1 aliphatic heterocycles. The van der Waals surface area contributed by atoms with Crippen LogP contribution in [-0.2, 0) is 10.0 Å². The molecule has 1 atom stereocenters. The van der Waals surface area contributed by atoms with E-state index >= 15 is 0 Å². The first kappa shape index (κ1) is 25.9. The van der Waals surface area contributed by atoms with Crippen molar-refractivity contribution < 1.29 is 17.9 Å². The van der Waals surface area contributed by atoms with Crippen LogP contribution in [0.25, 0.3) is 11.1 Å². The average molecular weight is 576 g/mol. The highest BCUT2D eigenvalue weighted by atomic mass is 35.5. The van der Waals surface area contributed by atoms with Crippen molar-refractivity contribution in [3.05, 3.63) is 88.2 Å². The molecule has 0 radical (unpaired) electrons. The Labute approximate surface area is 230 Å². The summed E-state index contributed by atoms with van der Waals surface area (Å²) in [4.78, 5) is 0. The molecule has 0 unspecified atom stereocenters. The van der Waals surface area contributed by atoms with E-state index in [0.717, 1.165) is 35.6 Å². The maximum Gasteiger partial charge on any atom is 0.271 e. The minimum absolute atomic E-state index is 0.0986. The van der Waals surface area contributed by atoms with Crippen LogP contribution in [-0.4, -0.2) is 27.1 Å². The molecule has 3 aromatic carbocycles. The molecule has 2 heterocycles. The molecule has 0 amide bonds. The molecular weight excluding hydrogens is 551 g/mol. The van der Waals surface area contributed by atoms with Crippen molar-refractivity contribution in [2.45, 2.75) is 23.2 Å². The number of para-hydroxylation sites is 1. The zero-order valence-corrected chi connectivity index (χ0v) is 23.0. The number of ether oxygens (including phenoxy) is 2. The first-order chi connectivity index (χ1) is 17.7. The third kappa shape index (κ3) is 6.05. The van der Waals surface area contributed by atoms with E-state index in [1.807, 2.05) is 61.5 Å². The Morgan fingerprint density at radius 3 is 2.41 bits per heavy atom. The second kappa shape index (κ2) is 10.6. The lowest BCUT2D eigenvalue weighted by Gasteiger charge is -2.25. The van der Waals surface area contributed by atoms with E-state index in [1.165, 1.54) is 0 Å². The summed E-state index contributed by atoms with van der Waals surface area (Å²) in [5.41, 5.74) is 1.35. The smallest absolute Gasteiger partial charge is 0.271 e. The van der Waals surface area contributed by atoms with Gasteiger partial charge in [-0.05, 0) is 61.5 Å². The molecule has 0 spiro atoms. The summed E-state index contributed by atoms with van der Waals surface area (Å²) in [6, 6.07) is 23.2. The molecule has 4 aromatic rings. The van der Waals surface area contributed by atoms with Crippen molar-refractivity contribution in [2.24, 2.45) is 0 Å². The highest BCUT2D eigenvalue weighted by Gasteiger charge is 2.31. The van der Waals surface area contributed by atoms with Crippen LogP contribution in [0.2, 0.25) is 9.36 Å². The van der Waals surface area contributed by atoms with E-state index < -0.39 is 15.6 Å². The normalized spacial score (nSPS) is 17.5. The average Bonchev–Trinajstić information content (AvgIpc) is 3.48. The number of hydrogen-bond acceptors (Lipinski definition) is 6. The Morgan fingerprint density at radius 2 is 1.70 bits per heavy atom. The molecule has 1 saturated heterocycles. The molecule has 2 N–H and O–H groups in total. The quantitative estimate of drug-likeness (QED) is 0.228. The van der Waals surface area contributed by atoms with E-state index in [-0.39, 0.29) is 4.21 Å². The molecule has 6 nitrogen and oxygen atoms in total. The van der Waals surface area contributed by atoms with Crippen LogP contribution in [0.3, 0.4) is 0 Å². The number of thiophene rings is 1. The maximum atomic E-state index is 13.2. The van der Waals surface area contributed by atoms with E-state index in [0.29, 0.717) is 38.7 Å². The largest absolute Gasteiger partial charge is 0.485 e. The summed E-state index contributed by atoms with van der Waals surface area (Å²) in [5.74, 6) is 1.82. The minimum Gasteiger partial charge on any atom is -0.485 e. The van der Waals surface area contributed by atoms with Crippen LogP contribution in [0, 0.1) is 0 Å². The van der Waals surface area contributed by atoms with Gasteiger partial charge in [-0.3, -0.25) is 4.72 Å². The summed E-state index contributed by atoms with van der Waals surface area (Å²) >= 11 is 13.8. The summed E-state index contributed by atoms with van der Waals surface area (Å²) in [7, 11) is -3.90. The van der Waals surface area contributed by atoms with Gasteiger partial charge in [0, 0.05) is 24.6 Å². The zero-order chi connectivity index (χ0) is 26.0. The molecule has 10 heteroatoms. The molecule has 1 aromatic heterocycles. The minimum atomic E-state index is -3.90. The standard InChI is InChI=1S/C27H24Cl2N2O4S2/c1-27(13-14-30-17-27)35-24-15-19(9-12-23(24)28)31-37(32,33)25-16-22(26(29)36-25)18-7-10-21(11-8-18)34-20-5-3-2-4-6-20/h2-12,15-16,30-31H,13-14,17H2,1H3/t27-/m1/s1. The predicted molar refractivity (Wildman–Crippen MR) is 150 cm³/mol. The van der Waals surface area contributed by atoms with Gasteiger partial charge >= 0.3 is 0 Å². The fourth-order valence-corrected chi connectivity index (χ4v) is 6.97. The van der Waals surface area contributed by atoms with Gasteiger partial charge in [0.1, 0.15) is 31.4 Å². The van der Waals surface area contributed by atoms with Crippen molar-refractivity contribution in [2.75, 3.05) is 17.8 Å². The van der Waals surface area contributed by atoms with Crippen LogP contribution in [0.4, 0.5) is 5.69 Å². The number of rotatable bonds is 8. The van der Waals surface area contributed by atoms with Crippen molar-refractivity contribution in [3.63, 3.8) is 0 Å². The number of nitrogens with one attached hydrogen (secondary N) is 2. The summed E-state index contributed by atoms with van der Waals surface area (Å²) in [6.07, 6.45) is 0.828. The fraction of sp³-hybridized carbons (Fsp3) is 0.185. The number of halogens is 2. The van der Waals surface area contributed by atoms with Gasteiger partial charge in [0.2, 0.25) is 0 Å². The SMILES string of the molecule is C[C@@]1(Oc2cc(NS(=O)(=O)c3cc(-c4ccc(Oc5ccccc5)cc4)c(Cl)s3)ccc2Cl)CCNC1. The van der Waals surface area contributed by atoms with Crippen molar-refractivity contribution >= 4 is 50.2 Å². The lowest BCUT2D eigenvalue weighted by atomic mass is 10.1. The van der Waals surface area contributed by atoms with Crippen molar-refractivity contribution in [1.82, 2.24) is 5.32 Å². The second-order valence-corrected chi connectivity index (χ2v) is 12.9. The Morgan fingerprint density at radius 1 is 0.973 bits per heavy atom. The maximum absolute atomic E-state index is 13.2. The van der Waals surface area contributed by atoms with E-state index in [1.54, 1.807) is 24.3 Å². The summed E-state index contributed by atoms with van der Waals surface area (Å²) in [5, 5.41) is 3.68. The Kier molecular flexibility index (Phi) is 7.38. The lowest BCUT2D eigenvalue weighted by molar-refractivity contribution is 0.111. The molecule has 1 fully saturated rings. The third-order valence-corrected chi connectivity index (χ3v) is 9.47. The molecule has 5 rings (SSSR count). The highest BCUT2D eigenvalue weighted by molar-refractivity contribution is 7.94. The molecule has 192 valence electrons. The van der Waals surface area contributed by atoms with Gasteiger partial charge in [0.05, 0.1) is 10.7 Å². The first-order valence-electron chi connectivity index (χ1n) is 11.6. The van der Waals surface area contributed by atoms with Crippen molar-refractivity contribution in [1.29, 1.82) is 0 Å². The molecule has 1 aliphatic rings. The van der Waals surface area contributed by atoms with Crippen LogP contribution in [0.1, 0.15) is 13.3 Å². The van der Waals surface area contributed by atoms with Gasteiger partial charge < -0.3 is 14.8 Å². The topological polar surface area (TPSA) is 76.7 Å². The van der Waals surface area contributed by atoms with Gasteiger partial charge in [-0.25, -0.2) is 8.42 Å². The second-order valence-electron chi connectivity index (χ2n) is 8.92. The fourth-order valence-electron chi connectivity index (χ4n) is 4.00. The zero-order valence-electron chi connectivity index (χ0n) is 19.8. The first-order valence-corrected chi connectivity index (χ1v) is 14.6. The number of benzene rings is 3. The number of sulfonamides is 1. The number of anilines is 1. The van der Waals surface area contributed by atoms with Gasteiger partial charge in [0.15, 0.2) is 0 Å². The molecule has 0 aliphatic carbocycles. The molecule has 37 heavy (non-hydrogen) atoms. The van der Waals surface area contributed by atoms with Crippen LogP contribution in [0.5, 0.6) is 17.2 Å². The predicted octanol–water partition coefficient (Wildman–Crippen LogP) is 7.45. The van der Waals surface area contributed by atoms with Gasteiger partial charge in [-0.2, -0.15) is 0 Å². The monoisotopic (exact) mass is 574 g/mol. The molecule has 0 saturated carbocycles. The Hall–Kier alpha value is -2.75. The van der Waals surface area contributed by atoms with Crippen LogP contribution in [0.15, 0.2) is 83.1 Å². The summed E-state index contributed by atoms with van der Waals surface area (Å²) in [6.45, 7) is 3.54. The van der Waals surface area contributed by atoms with Crippen LogP contribution < -0.4 is 19.5 Å². The van der Waals surface area contributed by atoms with E-state index in [2.05, 4.69) is 10.0 Å². The van der Waals surface area contributed by atoms with Gasteiger partial charge in [-0.15, -0.1) is 11.3 Å². The van der Waals surface area contributed by atoms with Gasteiger partial charge in [0.25, 0.3) is 10.0 Å². The molecular formula is C27H24Cl2N2O4S2. The lowest BCUT2D eigenvalue weighted by Crippen LogP contribution is -2.34. The van der Waals surface area contributed by atoms with Crippen LogP contribution >= 0.6 is 34.5 Å². The van der Waals surface area contributed by atoms with Gasteiger partial charge in [-0.1, -0.05) is 53.5 Å². The Bertz CT molecular complexity index is 1500. The number of hydrogen-bond donors (Lipinski definition) is 2. The van der Waals surface area contributed by atoms with E-state index in [9.17, 15) is 8.42 Å². The Balaban J connectivity index is 1.33. The molecule has 0 bridgehead atoms. The van der Waals surface area contributed by atoms with E-state index in [4.69, 9.17) is 32.7 Å². The third-order valence-electron chi connectivity index (χ3n) is 5.94. The van der Waals surface area contributed by atoms with Crippen molar-refractivity contribution in [3.8, 4) is 28.4 Å². The highest BCUT2D eigenvalue weighted by Crippen LogP contribution is 2.40. The summed E-state index contributed by atoms with van der Waals surface area (Å²) < 4.78 is 41.4.